The van der Waals surface area contributed by atoms with Gasteiger partial charge in [0.2, 0.25) is 0 Å². The molecule has 0 amide bonds. The van der Waals surface area contributed by atoms with Gasteiger partial charge in [-0.15, -0.1) is 0 Å². The maximum Gasteiger partial charge on any atom is 0.262 e. The highest BCUT2D eigenvalue weighted by Crippen LogP contribution is 2.24. The Balaban J connectivity index is 2.37. The molecule has 4 nitrogen and oxygen atoms in total. The minimum absolute atomic E-state index is 0.0867. The number of aromatic hydroxyl groups is 1. The van der Waals surface area contributed by atoms with Crippen LogP contribution in [0.2, 0.25) is 5.02 Å². The zero-order valence-corrected chi connectivity index (χ0v) is 10.7. The summed E-state index contributed by atoms with van der Waals surface area (Å²) in [6.07, 6.45) is 0. The van der Waals surface area contributed by atoms with E-state index in [1.54, 1.807) is 30.3 Å². The third-order valence-electron chi connectivity index (χ3n) is 2.19. The number of rotatable bonds is 3. The van der Waals surface area contributed by atoms with E-state index in [1.807, 2.05) is 0 Å². The summed E-state index contributed by atoms with van der Waals surface area (Å²) in [5.74, 6) is -0.198. The van der Waals surface area contributed by atoms with Gasteiger partial charge in [0.05, 0.1) is 4.90 Å². The molecule has 0 aromatic heterocycles. The number of hydrogen-bond donors (Lipinski definition) is 2. The van der Waals surface area contributed by atoms with Crippen molar-refractivity contribution in [1.82, 2.24) is 0 Å². The van der Waals surface area contributed by atoms with Gasteiger partial charge in [0.15, 0.2) is 0 Å². The van der Waals surface area contributed by atoms with E-state index in [2.05, 4.69) is 4.72 Å². The molecule has 0 bridgehead atoms. The molecular formula is C12H10ClNO3S. The Morgan fingerprint density at radius 1 is 1.06 bits per heavy atom. The first-order valence-electron chi connectivity index (χ1n) is 5.05. The average molecular weight is 284 g/mol. The van der Waals surface area contributed by atoms with Gasteiger partial charge >= 0.3 is 0 Å². The number of phenols is 1. The van der Waals surface area contributed by atoms with Crippen LogP contribution in [0.15, 0.2) is 53.4 Å². The minimum atomic E-state index is -3.75. The number of hydrogen-bond acceptors (Lipinski definition) is 3. The number of nitrogens with one attached hydrogen (secondary N) is 1. The van der Waals surface area contributed by atoms with Crippen molar-refractivity contribution in [1.29, 1.82) is 0 Å². The van der Waals surface area contributed by atoms with Crippen LogP contribution in [0.25, 0.3) is 0 Å². The predicted octanol–water partition coefficient (Wildman–Crippen LogP) is 2.85. The quantitative estimate of drug-likeness (QED) is 0.910. The molecule has 2 aromatic carbocycles. The van der Waals surface area contributed by atoms with Crippen LogP contribution in [0, 0.1) is 0 Å². The highest BCUT2D eigenvalue weighted by molar-refractivity contribution is 7.92. The second-order valence-electron chi connectivity index (χ2n) is 3.62. The Bertz CT molecular complexity index is 636. The molecule has 0 spiro atoms. The van der Waals surface area contributed by atoms with Crippen molar-refractivity contribution in [3.05, 3.63) is 53.6 Å². The van der Waals surface area contributed by atoms with Crippen molar-refractivity contribution in [2.75, 3.05) is 4.72 Å². The first-order valence-corrected chi connectivity index (χ1v) is 6.91. The fraction of sp³-hybridized carbons (Fsp3) is 0. The van der Waals surface area contributed by atoms with Gasteiger partial charge in [-0.2, -0.15) is 0 Å². The molecule has 6 heteroatoms. The van der Waals surface area contributed by atoms with Crippen LogP contribution in [-0.2, 0) is 10.0 Å². The number of para-hydroxylation sites is 1. The van der Waals surface area contributed by atoms with Crippen LogP contribution in [-0.4, -0.2) is 13.5 Å². The van der Waals surface area contributed by atoms with Crippen LogP contribution in [0.1, 0.15) is 0 Å². The molecule has 18 heavy (non-hydrogen) atoms. The van der Waals surface area contributed by atoms with Crippen molar-refractivity contribution in [2.45, 2.75) is 4.90 Å². The number of benzene rings is 2. The van der Waals surface area contributed by atoms with Gasteiger partial charge in [0, 0.05) is 16.8 Å². The highest BCUT2D eigenvalue weighted by Gasteiger charge is 2.15. The zero-order valence-electron chi connectivity index (χ0n) is 9.17. The zero-order chi connectivity index (χ0) is 13.2. The van der Waals surface area contributed by atoms with E-state index < -0.39 is 10.0 Å². The molecule has 0 radical (unpaired) electrons. The maximum absolute atomic E-state index is 12.0. The molecule has 2 aromatic rings. The summed E-state index contributed by atoms with van der Waals surface area (Å²) in [4.78, 5) is -0.0867. The summed E-state index contributed by atoms with van der Waals surface area (Å²) >= 11 is 5.71. The Labute approximate surface area is 110 Å². The summed E-state index contributed by atoms with van der Waals surface area (Å²) in [6, 6.07) is 12.1. The molecule has 2 N–H and O–H groups in total. The molecule has 0 fully saturated rings. The number of anilines is 1. The molecule has 94 valence electrons. The van der Waals surface area contributed by atoms with Crippen LogP contribution in [0.4, 0.5) is 5.69 Å². The summed E-state index contributed by atoms with van der Waals surface area (Å²) in [6.45, 7) is 0. The van der Waals surface area contributed by atoms with Crippen molar-refractivity contribution < 1.29 is 13.5 Å². The first kappa shape index (κ1) is 12.7. The standard InChI is InChI=1S/C12H10ClNO3S/c13-9-6-11(15)8-12(7-9)18(16,17)14-10-4-2-1-3-5-10/h1-8,14-15H. The number of sulfonamides is 1. The van der Waals surface area contributed by atoms with Crippen molar-refractivity contribution >= 4 is 27.3 Å². The number of halogens is 1. The molecule has 0 aliphatic rings. The Morgan fingerprint density at radius 2 is 1.72 bits per heavy atom. The Morgan fingerprint density at radius 3 is 2.33 bits per heavy atom. The minimum Gasteiger partial charge on any atom is -0.508 e. The monoisotopic (exact) mass is 283 g/mol. The highest BCUT2D eigenvalue weighted by atomic mass is 35.5. The second kappa shape index (κ2) is 4.88. The molecule has 0 saturated carbocycles. The van der Waals surface area contributed by atoms with Gasteiger partial charge < -0.3 is 5.11 Å². The largest absolute Gasteiger partial charge is 0.508 e. The molecule has 0 unspecified atom stereocenters. The van der Waals surface area contributed by atoms with E-state index in [-0.39, 0.29) is 15.7 Å². The van der Waals surface area contributed by atoms with Gasteiger partial charge in [-0.05, 0) is 24.3 Å². The van der Waals surface area contributed by atoms with E-state index in [0.29, 0.717) is 5.69 Å². The van der Waals surface area contributed by atoms with Gasteiger partial charge in [0.25, 0.3) is 10.0 Å². The fourth-order valence-corrected chi connectivity index (χ4v) is 2.84. The molecular weight excluding hydrogens is 274 g/mol. The lowest BCUT2D eigenvalue weighted by Gasteiger charge is -2.08. The molecule has 0 heterocycles. The van der Waals surface area contributed by atoms with E-state index in [0.717, 1.165) is 6.07 Å². The van der Waals surface area contributed by atoms with Crippen LogP contribution in [0.5, 0.6) is 5.75 Å². The van der Waals surface area contributed by atoms with E-state index in [9.17, 15) is 13.5 Å². The fourth-order valence-electron chi connectivity index (χ4n) is 1.42. The Hall–Kier alpha value is -1.72. The van der Waals surface area contributed by atoms with Crippen molar-refractivity contribution in [3.8, 4) is 5.75 Å². The first-order chi connectivity index (χ1) is 8.47. The lowest BCUT2D eigenvalue weighted by molar-refractivity contribution is 0.473. The molecule has 0 atom stereocenters. The lowest BCUT2D eigenvalue weighted by atomic mass is 10.3. The average Bonchev–Trinajstić information content (AvgIpc) is 2.28. The third-order valence-corrected chi connectivity index (χ3v) is 3.77. The third kappa shape index (κ3) is 2.94. The molecule has 2 rings (SSSR count). The summed E-state index contributed by atoms with van der Waals surface area (Å²) in [7, 11) is -3.75. The van der Waals surface area contributed by atoms with Crippen molar-refractivity contribution in [3.63, 3.8) is 0 Å². The van der Waals surface area contributed by atoms with Gasteiger partial charge in [-0.25, -0.2) is 8.42 Å². The number of phenolic OH excluding ortho intramolecular Hbond substituents is 1. The summed E-state index contributed by atoms with van der Waals surface area (Å²) < 4.78 is 26.4. The molecule has 0 aliphatic carbocycles. The van der Waals surface area contributed by atoms with Gasteiger partial charge in [0.1, 0.15) is 5.75 Å². The Kier molecular flexibility index (Phi) is 3.45. The van der Waals surface area contributed by atoms with Crippen LogP contribution >= 0.6 is 11.6 Å². The van der Waals surface area contributed by atoms with Gasteiger partial charge in [-0.1, -0.05) is 29.8 Å². The molecule has 0 aliphatic heterocycles. The maximum atomic E-state index is 12.0. The van der Waals surface area contributed by atoms with Crippen LogP contribution in [0.3, 0.4) is 0 Å². The SMILES string of the molecule is O=S(=O)(Nc1ccccc1)c1cc(O)cc(Cl)c1. The topological polar surface area (TPSA) is 66.4 Å². The summed E-state index contributed by atoms with van der Waals surface area (Å²) in [5, 5.41) is 9.50. The van der Waals surface area contributed by atoms with E-state index in [4.69, 9.17) is 11.6 Å². The van der Waals surface area contributed by atoms with Gasteiger partial charge in [-0.3, -0.25) is 4.72 Å². The van der Waals surface area contributed by atoms with Crippen molar-refractivity contribution in [2.24, 2.45) is 0 Å². The normalized spacial score (nSPS) is 11.2. The summed E-state index contributed by atoms with van der Waals surface area (Å²) in [5.41, 5.74) is 0.442. The smallest absolute Gasteiger partial charge is 0.262 e. The predicted molar refractivity (Wildman–Crippen MR) is 70.4 cm³/mol. The van der Waals surface area contributed by atoms with E-state index in [1.165, 1.54) is 12.1 Å². The van der Waals surface area contributed by atoms with Crippen LogP contribution < -0.4 is 4.72 Å². The molecule has 0 saturated heterocycles. The second-order valence-corrected chi connectivity index (χ2v) is 5.74. The lowest BCUT2D eigenvalue weighted by Crippen LogP contribution is -2.12. The van der Waals surface area contributed by atoms with E-state index >= 15 is 0 Å².